The summed E-state index contributed by atoms with van der Waals surface area (Å²) in [6, 6.07) is 16.8. The molecule has 2 aliphatic rings. The smallest absolute Gasteiger partial charge is 0.393 e. The van der Waals surface area contributed by atoms with Crippen molar-refractivity contribution < 1.29 is 31.8 Å². The van der Waals surface area contributed by atoms with Crippen molar-refractivity contribution in [3.05, 3.63) is 113 Å². The van der Waals surface area contributed by atoms with Crippen LogP contribution in [0.15, 0.2) is 90.7 Å². The minimum Gasteiger partial charge on any atom is -0.477 e. The first kappa shape index (κ1) is 37.0. The number of carbonyl (C=O) groups is 1. The van der Waals surface area contributed by atoms with E-state index in [4.69, 9.17) is 9.47 Å². The number of aromatic nitrogens is 3. The molecule has 0 N–H and O–H groups in total. The maximum absolute atomic E-state index is 15.4. The molecule has 0 radical (unpaired) electrons. The lowest BCUT2D eigenvalue weighted by atomic mass is 9.88. The number of alkyl halides is 3. The Labute approximate surface area is 301 Å². The zero-order chi connectivity index (χ0) is 36.9. The van der Waals surface area contributed by atoms with Crippen LogP contribution in [-0.2, 0) is 9.53 Å². The molecule has 4 aromatic rings. The highest BCUT2D eigenvalue weighted by atomic mass is 19.4. The number of pyridine rings is 1. The van der Waals surface area contributed by atoms with Crippen molar-refractivity contribution in [3.63, 3.8) is 0 Å². The predicted octanol–water partition coefficient (Wildman–Crippen LogP) is 9.71. The van der Waals surface area contributed by atoms with Gasteiger partial charge < -0.3 is 14.4 Å². The lowest BCUT2D eigenvalue weighted by Gasteiger charge is -2.23. The summed E-state index contributed by atoms with van der Waals surface area (Å²) in [5.74, 6) is -0.393. The van der Waals surface area contributed by atoms with Gasteiger partial charge in [-0.1, -0.05) is 54.1 Å². The van der Waals surface area contributed by atoms with Crippen LogP contribution in [-0.4, -0.2) is 59.1 Å². The van der Waals surface area contributed by atoms with E-state index < -0.39 is 24.8 Å². The van der Waals surface area contributed by atoms with E-state index in [0.29, 0.717) is 53.3 Å². The molecule has 7 nitrogen and oxygen atoms in total. The Morgan fingerprint density at radius 1 is 1.06 bits per heavy atom. The number of rotatable bonds is 13. The largest absolute Gasteiger partial charge is 0.477 e. The van der Waals surface area contributed by atoms with Gasteiger partial charge in [-0.25, -0.2) is 9.67 Å². The number of ether oxygens (including phenoxy) is 2. The van der Waals surface area contributed by atoms with Crippen LogP contribution in [0.1, 0.15) is 81.2 Å². The molecule has 1 aliphatic carbocycles. The Balaban J connectivity index is 1.28. The number of halogens is 4. The van der Waals surface area contributed by atoms with Crippen molar-refractivity contribution >= 4 is 28.0 Å². The van der Waals surface area contributed by atoms with Crippen LogP contribution in [0.25, 0.3) is 22.0 Å². The zero-order valence-corrected chi connectivity index (χ0v) is 29.8. The summed E-state index contributed by atoms with van der Waals surface area (Å²) in [6.07, 6.45) is 7.20. The summed E-state index contributed by atoms with van der Waals surface area (Å²) in [6.45, 7) is 3.05. The molecular weight excluding hydrogens is 672 g/mol. The molecule has 52 heavy (non-hydrogen) atoms. The van der Waals surface area contributed by atoms with Crippen molar-refractivity contribution in [2.45, 2.75) is 70.7 Å². The summed E-state index contributed by atoms with van der Waals surface area (Å²) in [4.78, 5) is 17.8. The van der Waals surface area contributed by atoms with Crippen molar-refractivity contribution in [3.8, 4) is 5.88 Å². The second-order valence-electron chi connectivity index (χ2n) is 14.0. The number of carbonyl (C=O) groups excluding carboxylic acids is 1. The molecular formula is C41H44F4N4O3. The molecule has 0 bridgehead atoms. The van der Waals surface area contributed by atoms with Gasteiger partial charge in [0.15, 0.2) is 6.23 Å². The van der Waals surface area contributed by atoms with Crippen molar-refractivity contribution in [1.29, 1.82) is 0 Å². The van der Waals surface area contributed by atoms with Gasteiger partial charge in [0.25, 0.3) is 0 Å². The SMILES string of the molecule is C/C(=C\C1(COc2ccc(/C(=C(/CC(F)(F)F)c3ccccc3)c3ccc4c(c3)c(F)nn4C3CCCCO3)cn2)CC1)CC/C=C/C(=O)N(C)C. The highest BCUT2D eigenvalue weighted by molar-refractivity contribution is 6.00. The van der Waals surface area contributed by atoms with Gasteiger partial charge >= 0.3 is 6.18 Å². The molecule has 1 aliphatic heterocycles. The summed E-state index contributed by atoms with van der Waals surface area (Å²) in [5.41, 5.74) is 3.22. The van der Waals surface area contributed by atoms with Crippen LogP contribution in [0, 0.1) is 11.4 Å². The maximum atomic E-state index is 15.4. The van der Waals surface area contributed by atoms with Crippen molar-refractivity contribution in [2.75, 3.05) is 27.3 Å². The number of amides is 1. The second-order valence-corrected chi connectivity index (χ2v) is 14.0. The third-order valence-electron chi connectivity index (χ3n) is 9.56. The van der Waals surface area contributed by atoms with E-state index in [1.807, 2.05) is 6.08 Å². The van der Waals surface area contributed by atoms with E-state index in [1.165, 1.54) is 21.4 Å². The molecule has 3 heterocycles. The van der Waals surface area contributed by atoms with Gasteiger partial charge in [-0.2, -0.15) is 17.6 Å². The van der Waals surface area contributed by atoms with E-state index in [0.717, 1.165) is 38.5 Å². The minimum atomic E-state index is -4.52. The van der Waals surface area contributed by atoms with Crippen LogP contribution in [0.3, 0.4) is 0 Å². The maximum Gasteiger partial charge on any atom is 0.393 e. The predicted molar refractivity (Wildman–Crippen MR) is 194 cm³/mol. The fourth-order valence-corrected chi connectivity index (χ4v) is 6.65. The molecule has 0 spiro atoms. The molecule has 2 fully saturated rings. The number of hydrogen-bond acceptors (Lipinski definition) is 5. The van der Waals surface area contributed by atoms with Gasteiger partial charge in [0.1, 0.15) is 0 Å². The average Bonchev–Trinajstić information content (AvgIpc) is 3.82. The zero-order valence-electron chi connectivity index (χ0n) is 29.8. The van der Waals surface area contributed by atoms with Gasteiger partial charge in [0.2, 0.25) is 17.7 Å². The Morgan fingerprint density at radius 3 is 2.48 bits per heavy atom. The summed E-state index contributed by atoms with van der Waals surface area (Å²) < 4.78 is 71.7. The number of likely N-dealkylation sites (N-methyl/N-ethyl adjacent to an activating group) is 1. The molecule has 1 unspecified atom stereocenters. The lowest BCUT2D eigenvalue weighted by Crippen LogP contribution is -2.19. The highest BCUT2D eigenvalue weighted by Gasteiger charge is 2.41. The summed E-state index contributed by atoms with van der Waals surface area (Å²) in [5, 5.41) is 4.33. The first-order chi connectivity index (χ1) is 24.9. The average molecular weight is 717 g/mol. The fourth-order valence-electron chi connectivity index (χ4n) is 6.65. The van der Waals surface area contributed by atoms with Crippen LogP contribution < -0.4 is 4.74 Å². The number of hydrogen-bond donors (Lipinski definition) is 0. The van der Waals surface area contributed by atoms with Crippen LogP contribution in [0.5, 0.6) is 5.88 Å². The minimum absolute atomic E-state index is 0.0427. The fraction of sp³-hybridized carbons (Fsp3) is 0.390. The van der Waals surface area contributed by atoms with Gasteiger partial charge in [-0.15, -0.1) is 5.10 Å². The van der Waals surface area contributed by atoms with Crippen LogP contribution >= 0.6 is 0 Å². The molecule has 11 heteroatoms. The van der Waals surface area contributed by atoms with Crippen LogP contribution in [0.4, 0.5) is 17.6 Å². The Morgan fingerprint density at radius 2 is 1.83 bits per heavy atom. The molecule has 2 aromatic carbocycles. The summed E-state index contributed by atoms with van der Waals surface area (Å²) >= 11 is 0. The molecule has 1 amide bonds. The van der Waals surface area contributed by atoms with E-state index in [-0.39, 0.29) is 22.3 Å². The van der Waals surface area contributed by atoms with Crippen molar-refractivity contribution in [2.24, 2.45) is 5.41 Å². The third kappa shape index (κ3) is 9.17. The Hall–Kier alpha value is -4.77. The monoisotopic (exact) mass is 716 g/mol. The van der Waals surface area contributed by atoms with E-state index in [1.54, 1.807) is 80.8 Å². The quantitative estimate of drug-likeness (QED) is 0.0597. The van der Waals surface area contributed by atoms with E-state index in [9.17, 15) is 18.0 Å². The topological polar surface area (TPSA) is 69.5 Å². The molecule has 1 saturated heterocycles. The lowest BCUT2D eigenvalue weighted by molar-refractivity contribution is -0.124. The number of nitrogens with zero attached hydrogens (tertiary/aromatic N) is 4. The third-order valence-corrected chi connectivity index (χ3v) is 9.56. The second kappa shape index (κ2) is 15.9. The van der Waals surface area contributed by atoms with Crippen molar-refractivity contribution in [1.82, 2.24) is 19.7 Å². The molecule has 6 rings (SSSR count). The molecule has 1 saturated carbocycles. The molecule has 1 atom stereocenters. The van der Waals surface area contributed by atoms with Crippen LogP contribution in [0.2, 0.25) is 0 Å². The standard InChI is InChI=1S/C41H44F4N4O3/c1-28(11-7-8-14-36(50)48(2)3)24-40(20-21-40)27-52-35-19-17-31(26-46-35)38(33(25-41(43,44)45)29-12-5-4-6-13-29)30-16-18-34-32(23-30)39(42)47-49(34)37-15-9-10-22-51-37/h4-6,8,12-14,16-19,23-24,26,37H,7,9-11,15,20-22,25,27H2,1-3H3/b14-8+,28-24+,38-33-. The normalized spacial score (nSPS) is 18.1. The Kier molecular flexibility index (Phi) is 11.3. The van der Waals surface area contributed by atoms with Gasteiger partial charge in [0, 0.05) is 43.9 Å². The molecule has 274 valence electrons. The van der Waals surface area contributed by atoms with Gasteiger partial charge in [-0.05, 0) is 98.4 Å². The Bertz CT molecular complexity index is 1950. The van der Waals surface area contributed by atoms with Gasteiger partial charge in [-0.3, -0.25) is 4.79 Å². The first-order valence-electron chi connectivity index (χ1n) is 17.7. The van der Waals surface area contributed by atoms with Gasteiger partial charge in [0.05, 0.1) is 23.9 Å². The van der Waals surface area contributed by atoms with E-state index >= 15 is 4.39 Å². The number of benzene rings is 2. The first-order valence-corrected chi connectivity index (χ1v) is 17.7. The number of allylic oxidation sites excluding steroid dienone is 3. The highest BCUT2D eigenvalue weighted by Crippen LogP contribution is 2.48. The summed E-state index contributed by atoms with van der Waals surface area (Å²) in [7, 11) is 3.44. The number of fused-ring (bicyclic) bond motifs is 1. The van der Waals surface area contributed by atoms with E-state index in [2.05, 4.69) is 23.1 Å². The molecule has 2 aromatic heterocycles.